The average molecular weight is 354 g/mol. The average Bonchev–Trinajstić information content (AvgIpc) is 2.65. The number of unbranched alkanes of at least 4 members (excludes halogenated alkanes) is 1. The van der Waals surface area contributed by atoms with E-state index in [1.54, 1.807) is 19.1 Å². The third kappa shape index (κ3) is 6.43. The van der Waals surface area contributed by atoms with Crippen LogP contribution in [0.5, 0.6) is 5.75 Å². The summed E-state index contributed by atoms with van der Waals surface area (Å²) in [6, 6.07) is 17.1. The van der Waals surface area contributed by atoms with Gasteiger partial charge in [-0.3, -0.25) is 0 Å². The minimum Gasteiger partial charge on any atom is -0.462 e. The molecule has 0 heterocycles. The van der Waals surface area contributed by atoms with Crippen molar-refractivity contribution in [3.05, 3.63) is 66.7 Å². The lowest BCUT2D eigenvalue weighted by molar-refractivity contribution is -0.139. The van der Waals surface area contributed by atoms with Crippen molar-refractivity contribution in [1.82, 2.24) is 0 Å². The van der Waals surface area contributed by atoms with E-state index in [1.807, 2.05) is 42.5 Å². The lowest BCUT2D eigenvalue weighted by Crippen LogP contribution is -2.12. The van der Waals surface area contributed by atoms with Crippen LogP contribution < -0.4 is 4.74 Å². The second-order valence-corrected chi connectivity index (χ2v) is 5.71. The van der Waals surface area contributed by atoms with Crippen molar-refractivity contribution in [3.63, 3.8) is 0 Å². The van der Waals surface area contributed by atoms with Gasteiger partial charge in [-0.15, -0.1) is 0 Å². The second kappa shape index (κ2) is 10.0. The highest BCUT2D eigenvalue weighted by Gasteiger charge is 2.07. The van der Waals surface area contributed by atoms with Gasteiger partial charge in [-0.2, -0.15) is 0 Å². The number of rotatable bonds is 8. The van der Waals surface area contributed by atoms with Gasteiger partial charge in [-0.25, -0.2) is 9.59 Å². The lowest BCUT2D eigenvalue weighted by Gasteiger charge is -2.07. The molecule has 0 aliphatic carbocycles. The van der Waals surface area contributed by atoms with Crippen LogP contribution in [0.2, 0.25) is 0 Å². The van der Waals surface area contributed by atoms with Crippen molar-refractivity contribution in [2.75, 3.05) is 13.2 Å². The molecule has 0 spiro atoms. The van der Waals surface area contributed by atoms with Gasteiger partial charge in [0.25, 0.3) is 0 Å². The molecule has 5 nitrogen and oxygen atoms in total. The Morgan fingerprint density at radius 3 is 2.04 bits per heavy atom. The van der Waals surface area contributed by atoms with Crippen LogP contribution in [0.1, 0.15) is 19.8 Å². The maximum absolute atomic E-state index is 11.7. The molecule has 0 amide bonds. The number of carbonyl (C=O) groups excluding carboxylic acids is 2. The fourth-order valence-corrected chi connectivity index (χ4v) is 2.12. The highest BCUT2D eigenvalue weighted by atomic mass is 16.7. The summed E-state index contributed by atoms with van der Waals surface area (Å²) in [7, 11) is 0. The summed E-state index contributed by atoms with van der Waals surface area (Å²) in [5, 5.41) is 0. The van der Waals surface area contributed by atoms with Gasteiger partial charge in [0, 0.05) is 5.57 Å². The van der Waals surface area contributed by atoms with Crippen LogP contribution in [-0.4, -0.2) is 25.3 Å². The van der Waals surface area contributed by atoms with Gasteiger partial charge >= 0.3 is 12.1 Å². The van der Waals surface area contributed by atoms with E-state index in [1.165, 1.54) is 0 Å². The highest BCUT2D eigenvalue weighted by molar-refractivity contribution is 5.86. The Hall–Kier alpha value is -3.08. The SMILES string of the molecule is C=C(C)C(=O)OCCCCOC(=O)Oc1ccc(-c2ccccc2)cc1. The molecule has 0 N–H and O–H groups in total. The molecule has 0 saturated carbocycles. The Labute approximate surface area is 153 Å². The Morgan fingerprint density at radius 2 is 1.42 bits per heavy atom. The first-order chi connectivity index (χ1) is 12.6. The molecular formula is C21H22O5. The third-order valence-electron chi connectivity index (χ3n) is 3.50. The van der Waals surface area contributed by atoms with Gasteiger partial charge in [-0.05, 0) is 43.0 Å². The Balaban J connectivity index is 1.66. The maximum Gasteiger partial charge on any atom is 0.513 e. The van der Waals surface area contributed by atoms with E-state index in [2.05, 4.69) is 6.58 Å². The minimum atomic E-state index is -0.753. The molecule has 0 unspecified atom stereocenters. The number of hydrogen-bond donors (Lipinski definition) is 0. The predicted molar refractivity (Wildman–Crippen MR) is 98.9 cm³/mol. The van der Waals surface area contributed by atoms with Gasteiger partial charge in [-0.1, -0.05) is 49.0 Å². The standard InChI is InChI=1S/C21H22O5/c1-16(2)20(22)24-14-6-7-15-25-21(23)26-19-12-10-18(11-13-19)17-8-4-3-5-9-17/h3-5,8-13H,1,6-7,14-15H2,2H3. The number of esters is 1. The zero-order valence-corrected chi connectivity index (χ0v) is 14.8. The quantitative estimate of drug-likeness (QED) is 0.296. The van der Waals surface area contributed by atoms with Crippen LogP contribution in [0.15, 0.2) is 66.7 Å². The van der Waals surface area contributed by atoms with E-state index in [4.69, 9.17) is 14.2 Å². The fourth-order valence-electron chi connectivity index (χ4n) is 2.12. The van der Waals surface area contributed by atoms with E-state index in [0.29, 0.717) is 24.2 Å². The number of ether oxygens (including phenoxy) is 3. The van der Waals surface area contributed by atoms with Crippen molar-refractivity contribution >= 4 is 12.1 Å². The number of benzene rings is 2. The number of hydrogen-bond acceptors (Lipinski definition) is 5. The summed E-state index contributed by atoms with van der Waals surface area (Å²) in [6.07, 6.45) is 0.417. The fraction of sp³-hybridized carbons (Fsp3) is 0.238. The molecule has 5 heteroatoms. The lowest BCUT2D eigenvalue weighted by atomic mass is 10.1. The molecule has 2 rings (SSSR count). The number of carbonyl (C=O) groups is 2. The second-order valence-electron chi connectivity index (χ2n) is 5.71. The van der Waals surface area contributed by atoms with Crippen molar-refractivity contribution in [1.29, 1.82) is 0 Å². The Kier molecular flexibility index (Phi) is 7.43. The van der Waals surface area contributed by atoms with Crippen molar-refractivity contribution in [2.24, 2.45) is 0 Å². The van der Waals surface area contributed by atoms with Gasteiger partial charge in [0.1, 0.15) is 5.75 Å². The maximum atomic E-state index is 11.7. The van der Waals surface area contributed by atoms with E-state index >= 15 is 0 Å². The van der Waals surface area contributed by atoms with Crippen molar-refractivity contribution in [2.45, 2.75) is 19.8 Å². The first-order valence-electron chi connectivity index (χ1n) is 8.39. The van der Waals surface area contributed by atoms with Crippen molar-refractivity contribution < 1.29 is 23.8 Å². The Bertz CT molecular complexity index is 735. The molecule has 26 heavy (non-hydrogen) atoms. The summed E-state index contributed by atoms with van der Waals surface area (Å²) in [4.78, 5) is 22.8. The van der Waals surface area contributed by atoms with Crippen LogP contribution in [0.25, 0.3) is 11.1 Å². The zero-order valence-electron chi connectivity index (χ0n) is 14.8. The molecule has 0 radical (unpaired) electrons. The molecule has 136 valence electrons. The third-order valence-corrected chi connectivity index (χ3v) is 3.50. The molecule has 0 aliphatic rings. The summed E-state index contributed by atoms with van der Waals surface area (Å²) in [5.74, 6) is 0.00865. The minimum absolute atomic E-state index is 0.200. The van der Waals surface area contributed by atoms with Crippen LogP contribution in [0, 0.1) is 0 Å². The Morgan fingerprint density at radius 1 is 0.846 bits per heavy atom. The van der Waals surface area contributed by atoms with E-state index in [-0.39, 0.29) is 13.2 Å². The molecule has 0 bridgehead atoms. The predicted octanol–water partition coefficient (Wildman–Crippen LogP) is 4.77. The zero-order chi connectivity index (χ0) is 18.8. The van der Waals surface area contributed by atoms with Gasteiger partial charge in [0.05, 0.1) is 13.2 Å². The first-order valence-corrected chi connectivity index (χ1v) is 8.39. The van der Waals surface area contributed by atoms with Crippen LogP contribution in [0.3, 0.4) is 0 Å². The monoisotopic (exact) mass is 354 g/mol. The van der Waals surface area contributed by atoms with E-state index in [0.717, 1.165) is 11.1 Å². The van der Waals surface area contributed by atoms with Gasteiger partial charge in [0.2, 0.25) is 0 Å². The topological polar surface area (TPSA) is 61.8 Å². The summed E-state index contributed by atoms with van der Waals surface area (Å²) in [6.45, 7) is 5.56. The molecular weight excluding hydrogens is 332 g/mol. The summed E-state index contributed by atoms with van der Waals surface area (Å²) < 4.78 is 15.1. The first kappa shape index (κ1) is 19.2. The molecule has 2 aromatic carbocycles. The molecule has 0 aromatic heterocycles. The van der Waals surface area contributed by atoms with E-state index < -0.39 is 12.1 Å². The largest absolute Gasteiger partial charge is 0.513 e. The van der Waals surface area contributed by atoms with Crippen LogP contribution in [0.4, 0.5) is 4.79 Å². The smallest absolute Gasteiger partial charge is 0.462 e. The van der Waals surface area contributed by atoms with Gasteiger partial charge in [0.15, 0.2) is 0 Å². The molecule has 2 aromatic rings. The normalized spacial score (nSPS) is 10.0. The molecule has 0 saturated heterocycles. The summed E-state index contributed by atoms with van der Waals surface area (Å²) >= 11 is 0. The molecule has 0 atom stereocenters. The van der Waals surface area contributed by atoms with Gasteiger partial charge < -0.3 is 14.2 Å². The van der Waals surface area contributed by atoms with Crippen LogP contribution >= 0.6 is 0 Å². The molecule has 0 fully saturated rings. The summed E-state index contributed by atoms with van der Waals surface area (Å²) in [5.41, 5.74) is 2.49. The highest BCUT2D eigenvalue weighted by Crippen LogP contribution is 2.22. The van der Waals surface area contributed by atoms with Crippen molar-refractivity contribution in [3.8, 4) is 16.9 Å². The molecule has 0 aliphatic heterocycles. The van der Waals surface area contributed by atoms with Crippen LogP contribution in [-0.2, 0) is 14.3 Å². The van der Waals surface area contributed by atoms with E-state index in [9.17, 15) is 9.59 Å².